The molecule has 7 nitrogen and oxygen atoms in total. The molecule has 4 aromatic rings. The lowest BCUT2D eigenvalue weighted by molar-refractivity contribution is -0.131. The van der Waals surface area contributed by atoms with Crippen LogP contribution in [-0.2, 0) is 24.1 Å². The molecule has 3 atom stereocenters. The van der Waals surface area contributed by atoms with E-state index in [9.17, 15) is 29.6 Å². The monoisotopic (exact) mass is 604 g/mol. The first-order valence-electron chi connectivity index (χ1n) is 14.6. The van der Waals surface area contributed by atoms with E-state index in [4.69, 9.17) is 0 Å². The number of halogens is 1. The number of benzene rings is 3. The minimum absolute atomic E-state index is 0.00579. The number of aliphatic hydroxyl groups is 4. The molecule has 0 spiro atoms. The van der Waals surface area contributed by atoms with Gasteiger partial charge in [-0.25, -0.2) is 4.39 Å². The van der Waals surface area contributed by atoms with Crippen LogP contribution < -0.4 is 4.90 Å². The van der Waals surface area contributed by atoms with Crippen LogP contribution >= 0.6 is 11.3 Å². The Morgan fingerprint density at radius 3 is 2.19 bits per heavy atom. The third-order valence-corrected chi connectivity index (χ3v) is 9.21. The second-order valence-electron chi connectivity index (χ2n) is 11.3. The molecule has 0 unspecified atom stereocenters. The van der Waals surface area contributed by atoms with E-state index in [1.165, 1.54) is 22.6 Å². The highest BCUT2D eigenvalue weighted by Gasteiger charge is 2.48. The Balaban J connectivity index is 1.32. The van der Waals surface area contributed by atoms with Crippen molar-refractivity contribution in [3.8, 4) is 0 Å². The molecule has 0 radical (unpaired) electrons. The minimum Gasteiger partial charge on any atom is -0.393 e. The van der Waals surface area contributed by atoms with E-state index in [2.05, 4.69) is 17.1 Å². The maximum absolute atomic E-state index is 13.6. The maximum Gasteiger partial charge on any atom is 0.233 e. The van der Waals surface area contributed by atoms with Crippen molar-refractivity contribution >= 4 is 22.9 Å². The summed E-state index contributed by atoms with van der Waals surface area (Å²) in [5.41, 5.74) is 4.81. The summed E-state index contributed by atoms with van der Waals surface area (Å²) in [6.07, 6.45) is 4.39. The van der Waals surface area contributed by atoms with Crippen LogP contribution in [0.2, 0.25) is 0 Å². The van der Waals surface area contributed by atoms with Crippen LogP contribution in [0, 0.1) is 11.7 Å². The molecule has 1 aliphatic rings. The number of β-lactam (4-membered cyclic amide) rings is 1. The lowest BCUT2D eigenvalue weighted by Gasteiger charge is -2.48. The number of aliphatic hydroxyl groups excluding tert-OH is 3. The summed E-state index contributed by atoms with van der Waals surface area (Å²) in [7, 11) is 0. The van der Waals surface area contributed by atoms with Gasteiger partial charge in [0.1, 0.15) is 11.4 Å². The number of carbonyl (C=O) groups excluding carboxylic acids is 1. The summed E-state index contributed by atoms with van der Waals surface area (Å²) in [4.78, 5) is 20.7. The number of aromatic nitrogens is 1. The number of anilines is 1. The van der Waals surface area contributed by atoms with E-state index in [1.807, 2.05) is 53.0 Å². The first-order valence-corrected chi connectivity index (χ1v) is 15.4. The van der Waals surface area contributed by atoms with Gasteiger partial charge in [-0.2, -0.15) is 0 Å². The molecule has 4 N–H and O–H groups in total. The molecule has 2 heterocycles. The highest BCUT2D eigenvalue weighted by molar-refractivity contribution is 7.09. The molecule has 3 aromatic carbocycles. The van der Waals surface area contributed by atoms with Gasteiger partial charge in [-0.15, -0.1) is 11.3 Å². The van der Waals surface area contributed by atoms with E-state index >= 15 is 0 Å². The zero-order valence-electron chi connectivity index (χ0n) is 23.8. The van der Waals surface area contributed by atoms with E-state index in [0.29, 0.717) is 24.8 Å². The van der Waals surface area contributed by atoms with Gasteiger partial charge in [0.15, 0.2) is 0 Å². The van der Waals surface area contributed by atoms with Crippen molar-refractivity contribution in [2.24, 2.45) is 5.92 Å². The molecule has 1 aromatic heterocycles. The average Bonchev–Trinajstić information content (AvgIpc) is 3.56. The zero-order chi connectivity index (χ0) is 30.4. The second kappa shape index (κ2) is 13.9. The number of hydrogen-bond donors (Lipinski definition) is 4. The molecule has 1 saturated heterocycles. The van der Waals surface area contributed by atoms with Gasteiger partial charge >= 0.3 is 0 Å². The number of aryl methyl sites for hydroxylation is 3. The van der Waals surface area contributed by atoms with Crippen LogP contribution in [0.1, 0.15) is 58.5 Å². The minimum atomic E-state index is -1.53. The van der Waals surface area contributed by atoms with Crippen molar-refractivity contribution in [1.29, 1.82) is 0 Å². The fourth-order valence-corrected chi connectivity index (χ4v) is 6.21. The highest BCUT2D eigenvalue weighted by atomic mass is 32.1. The predicted molar refractivity (Wildman–Crippen MR) is 164 cm³/mol. The maximum atomic E-state index is 13.6. The van der Waals surface area contributed by atoms with E-state index in [0.717, 1.165) is 29.7 Å². The summed E-state index contributed by atoms with van der Waals surface area (Å²) >= 11 is 1.64. The number of carbonyl (C=O) groups is 1. The molecule has 226 valence electrons. The van der Waals surface area contributed by atoms with Gasteiger partial charge in [0.25, 0.3) is 0 Å². The van der Waals surface area contributed by atoms with Gasteiger partial charge in [-0.3, -0.25) is 9.78 Å². The third kappa shape index (κ3) is 7.37. The van der Waals surface area contributed by atoms with Gasteiger partial charge in [0.2, 0.25) is 5.91 Å². The van der Waals surface area contributed by atoms with Gasteiger partial charge in [0.05, 0.1) is 36.8 Å². The normalized spacial score (nSPS) is 17.6. The topological polar surface area (TPSA) is 114 Å². The Bertz CT molecular complexity index is 1460. The quantitative estimate of drug-likeness (QED) is 0.152. The lowest BCUT2D eigenvalue weighted by Crippen LogP contribution is -2.55. The molecular formula is C34H37FN2O5S. The molecule has 43 heavy (non-hydrogen) atoms. The molecule has 1 amide bonds. The summed E-state index contributed by atoms with van der Waals surface area (Å²) in [6.45, 7) is -1.04. The number of thiazole rings is 1. The zero-order valence-corrected chi connectivity index (χ0v) is 24.7. The van der Waals surface area contributed by atoms with Crippen molar-refractivity contribution in [1.82, 2.24) is 4.98 Å². The van der Waals surface area contributed by atoms with Crippen molar-refractivity contribution in [3.05, 3.63) is 117 Å². The summed E-state index contributed by atoms with van der Waals surface area (Å²) < 4.78 is 13.4. The largest absolute Gasteiger partial charge is 0.393 e. The molecule has 1 fully saturated rings. The second-order valence-corrected chi connectivity index (χ2v) is 12.3. The first-order chi connectivity index (χ1) is 20.8. The SMILES string of the molecule is O=C1[C@H](CC[C@H](O)c2ccc(F)cc2)[C@@H](c2ccc(CCC(O)(CO)CO)cc2)N1c1ccc(CCc2cncs2)cc1. The average molecular weight is 605 g/mol. The third-order valence-electron chi connectivity index (χ3n) is 8.37. The van der Waals surface area contributed by atoms with Crippen molar-refractivity contribution in [3.63, 3.8) is 0 Å². The smallest absolute Gasteiger partial charge is 0.233 e. The van der Waals surface area contributed by atoms with Crippen LogP contribution in [-0.4, -0.2) is 50.1 Å². The fourth-order valence-electron chi connectivity index (χ4n) is 5.61. The van der Waals surface area contributed by atoms with Crippen molar-refractivity contribution < 1.29 is 29.6 Å². The van der Waals surface area contributed by atoms with Crippen LogP contribution in [0.15, 0.2) is 84.5 Å². The van der Waals surface area contributed by atoms with Crippen LogP contribution in [0.4, 0.5) is 10.1 Å². The predicted octanol–water partition coefficient (Wildman–Crippen LogP) is 4.93. The summed E-state index contributed by atoms with van der Waals surface area (Å²) in [5, 5.41) is 39.8. The molecule has 5 rings (SSSR count). The van der Waals surface area contributed by atoms with Gasteiger partial charge in [-0.05, 0) is 85.0 Å². The number of amides is 1. The summed E-state index contributed by atoms with van der Waals surface area (Å²) in [6, 6.07) is 21.5. The van der Waals surface area contributed by atoms with E-state index in [-0.39, 0.29) is 30.1 Å². The van der Waals surface area contributed by atoms with E-state index < -0.39 is 24.9 Å². The fraction of sp³-hybridized carbons (Fsp3) is 0.353. The highest BCUT2D eigenvalue weighted by Crippen LogP contribution is 2.46. The Labute approximate surface area is 254 Å². The van der Waals surface area contributed by atoms with Crippen molar-refractivity contribution in [2.75, 3.05) is 18.1 Å². The number of nitrogens with zero attached hydrogens (tertiary/aromatic N) is 2. The number of rotatable bonds is 14. The van der Waals surface area contributed by atoms with Crippen molar-refractivity contribution in [2.45, 2.75) is 56.3 Å². The van der Waals surface area contributed by atoms with Gasteiger partial charge in [-0.1, -0.05) is 48.5 Å². The van der Waals surface area contributed by atoms with Gasteiger partial charge in [0, 0.05) is 16.8 Å². The Morgan fingerprint density at radius 1 is 0.907 bits per heavy atom. The molecule has 9 heteroatoms. The molecule has 1 aliphatic heterocycles. The number of hydrogen-bond acceptors (Lipinski definition) is 7. The molecule has 0 bridgehead atoms. The standard InChI is InChI=1S/C34H37FN2O5S/c35-27-10-8-25(9-11-27)31(40)16-15-30-32(26-6-1-24(2-7-26)17-18-34(42,20-38)21-39)37(33(30)41)28-12-3-23(4-13-28)5-14-29-19-36-22-43-29/h1-4,6-13,19,22,30-32,38-40,42H,5,14-18,20-21H2/t30-,31+,32-/m1/s1. The first kappa shape index (κ1) is 31.0. The van der Waals surface area contributed by atoms with E-state index in [1.54, 1.807) is 23.5 Å². The lowest BCUT2D eigenvalue weighted by atomic mass is 9.78. The van der Waals surface area contributed by atoms with Crippen LogP contribution in [0.25, 0.3) is 0 Å². The molecular weight excluding hydrogens is 567 g/mol. The molecule has 0 saturated carbocycles. The van der Waals surface area contributed by atoms with Crippen LogP contribution in [0.3, 0.4) is 0 Å². The molecule has 0 aliphatic carbocycles. The summed E-state index contributed by atoms with van der Waals surface area (Å²) in [5.74, 6) is -0.703. The Kier molecular flexibility index (Phi) is 10.00. The van der Waals surface area contributed by atoms with Crippen LogP contribution in [0.5, 0.6) is 0 Å². The Morgan fingerprint density at radius 2 is 1.56 bits per heavy atom. The van der Waals surface area contributed by atoms with Gasteiger partial charge < -0.3 is 25.3 Å². The Hall–Kier alpha value is -3.47.